The number of aldehydes is 1. The van der Waals surface area contributed by atoms with E-state index in [1.165, 1.54) is 36.6 Å². The maximum absolute atomic E-state index is 13.3. The molecular weight excluding hydrogens is 504 g/mol. The summed E-state index contributed by atoms with van der Waals surface area (Å²) in [5, 5.41) is 8.96. The number of amides is 1. The smallest absolute Gasteiger partial charge is 0.259 e. The van der Waals surface area contributed by atoms with Crippen LogP contribution in [0.4, 0.5) is 5.82 Å². The lowest BCUT2D eigenvalue weighted by molar-refractivity contribution is 0.0983. The summed E-state index contributed by atoms with van der Waals surface area (Å²) >= 11 is 12.4. The molecule has 5 rings (SSSR count). The zero-order valence-electron chi connectivity index (χ0n) is 20.3. The molecule has 5 nitrogen and oxygen atoms in total. The first kappa shape index (κ1) is 27.3. The van der Waals surface area contributed by atoms with Crippen LogP contribution >= 0.6 is 23.2 Å². The van der Waals surface area contributed by atoms with Crippen molar-refractivity contribution in [2.45, 2.75) is 37.8 Å². The van der Waals surface area contributed by atoms with Crippen LogP contribution in [0.5, 0.6) is 5.75 Å². The molecule has 3 aromatic rings. The fourth-order valence-corrected chi connectivity index (χ4v) is 5.26. The van der Waals surface area contributed by atoms with Crippen molar-refractivity contribution in [1.29, 1.82) is 0 Å². The second kappa shape index (κ2) is 11.0. The molecule has 0 aliphatic heterocycles. The lowest BCUT2D eigenvalue weighted by Gasteiger charge is -2.37. The first-order valence-electron chi connectivity index (χ1n) is 11.9. The molecule has 0 unspecified atom stereocenters. The maximum Gasteiger partial charge on any atom is 0.259 e. The van der Waals surface area contributed by atoms with Crippen LogP contribution in [0, 0.1) is 18.8 Å². The predicted molar refractivity (Wildman–Crippen MR) is 150 cm³/mol. The van der Waals surface area contributed by atoms with E-state index < -0.39 is 16.9 Å². The Labute approximate surface area is 230 Å². The molecule has 10 heteroatoms. The van der Waals surface area contributed by atoms with Gasteiger partial charge in [-0.05, 0) is 55.0 Å². The quantitative estimate of drug-likeness (QED) is 0.354. The minimum absolute atomic E-state index is 0.113. The molecule has 37 heavy (non-hydrogen) atoms. The molecule has 2 fully saturated rings. The molecule has 1 aromatic heterocycles. The Bertz CT molecular complexity index is 1320. The molecule has 1 amide bonds. The average Bonchev–Trinajstić information content (AvgIpc) is 3.44. The zero-order valence-corrected chi connectivity index (χ0v) is 21.8. The van der Waals surface area contributed by atoms with E-state index in [9.17, 15) is 14.7 Å². The van der Waals surface area contributed by atoms with E-state index in [1.54, 1.807) is 56.5 Å². The Balaban J connectivity index is 0.000000458. The van der Waals surface area contributed by atoms with Gasteiger partial charge in [0.1, 0.15) is 6.29 Å². The summed E-state index contributed by atoms with van der Waals surface area (Å²) in [6, 6.07) is 10.8. The number of aromatic nitrogens is 1. The predicted octanol–water partition coefficient (Wildman–Crippen LogP) is 5.45. The molecule has 2 saturated carbocycles. The highest BCUT2D eigenvalue weighted by atomic mass is 35.5. The van der Waals surface area contributed by atoms with Gasteiger partial charge in [0.2, 0.25) is 0 Å². The maximum atomic E-state index is 13.3. The number of aryl methyl sites for hydroxylation is 1. The molecule has 6 radical (unpaired) electrons. The number of fused-ring (bicyclic) bond motifs is 1. The van der Waals surface area contributed by atoms with Gasteiger partial charge in [-0.3, -0.25) is 9.59 Å². The lowest BCUT2D eigenvalue weighted by atomic mass is 9.48. The summed E-state index contributed by atoms with van der Waals surface area (Å²) in [7, 11) is 17.5. The van der Waals surface area contributed by atoms with E-state index in [2.05, 4.69) is 4.98 Å². The van der Waals surface area contributed by atoms with E-state index >= 15 is 0 Å². The third-order valence-electron chi connectivity index (χ3n) is 6.74. The molecule has 2 aromatic carbocycles. The second-order valence-corrected chi connectivity index (χ2v) is 10.4. The number of nitrogens with zero attached hydrogens (tertiary/aromatic N) is 2. The summed E-state index contributed by atoms with van der Waals surface area (Å²) in [4.78, 5) is 29.3. The zero-order chi connectivity index (χ0) is 26.9. The topological polar surface area (TPSA) is 70.5 Å². The molecule has 182 valence electrons. The van der Waals surface area contributed by atoms with Crippen LogP contribution < -0.4 is 4.90 Å². The molecule has 0 spiro atoms. The van der Waals surface area contributed by atoms with Crippen molar-refractivity contribution >= 4 is 64.8 Å². The van der Waals surface area contributed by atoms with E-state index in [1.807, 2.05) is 0 Å². The third kappa shape index (κ3) is 6.07. The summed E-state index contributed by atoms with van der Waals surface area (Å²) in [6.07, 6.45) is 8.25. The summed E-state index contributed by atoms with van der Waals surface area (Å²) in [5.74, 6) is 0.972. The standard InChI is InChI=1S/C21H13B3Cl2N2O3.C6H10/c1-11-3-2-4-16(26)18(11)20(31)28(21(22,23)24)19-17(30)8-13(9-27-19)14-7-12(10-29)5-6-15(14)25;1-2-5-4-6(5)3-1/h2-10,30H,1H3;5-6H,1-4H2/t;5-,6+. The molecule has 0 saturated heterocycles. The van der Waals surface area contributed by atoms with Gasteiger partial charge in [0.25, 0.3) is 5.91 Å². The van der Waals surface area contributed by atoms with Gasteiger partial charge in [0.05, 0.1) is 34.1 Å². The molecule has 0 bridgehead atoms. The van der Waals surface area contributed by atoms with Gasteiger partial charge in [0, 0.05) is 27.9 Å². The fourth-order valence-electron chi connectivity index (χ4n) is 4.73. The monoisotopic (exact) mass is 526 g/mol. The fraction of sp³-hybridized carbons (Fsp3) is 0.296. The van der Waals surface area contributed by atoms with Crippen LogP contribution in [0.2, 0.25) is 10.0 Å². The van der Waals surface area contributed by atoms with Gasteiger partial charge < -0.3 is 10.0 Å². The van der Waals surface area contributed by atoms with Crippen LogP contribution in [0.3, 0.4) is 0 Å². The van der Waals surface area contributed by atoms with Crippen molar-refractivity contribution in [1.82, 2.24) is 4.98 Å². The molecule has 1 N–H and O–H groups in total. The molecular formula is C27H23B3Cl2N2O3. The van der Waals surface area contributed by atoms with Crippen molar-refractivity contribution in [2.24, 2.45) is 11.8 Å². The number of hydrogen-bond donors (Lipinski definition) is 1. The summed E-state index contributed by atoms with van der Waals surface area (Å²) in [6.45, 7) is 1.68. The average molecular weight is 527 g/mol. The SMILES string of the molecule is C1C[C@@H]2C[C@@H]2C1.[B]C([B])([B])N(C(=O)c1c(C)cccc1Cl)c1ncc(-c2cc(C=O)ccc2Cl)cc1O. The number of halogens is 2. The number of hydrogen-bond acceptors (Lipinski definition) is 4. The van der Waals surface area contributed by atoms with Crippen molar-refractivity contribution in [2.75, 3.05) is 4.90 Å². The van der Waals surface area contributed by atoms with Crippen molar-refractivity contribution in [3.63, 3.8) is 0 Å². The van der Waals surface area contributed by atoms with Gasteiger partial charge >= 0.3 is 0 Å². The van der Waals surface area contributed by atoms with Gasteiger partial charge in [0.15, 0.2) is 11.6 Å². The Morgan fingerprint density at radius 2 is 1.81 bits per heavy atom. The van der Waals surface area contributed by atoms with E-state index in [0.717, 1.165) is 4.90 Å². The largest absolute Gasteiger partial charge is 0.504 e. The number of carbonyl (C=O) groups is 2. The van der Waals surface area contributed by atoms with Crippen LogP contribution in [0.1, 0.15) is 52.0 Å². The number of aromatic hydroxyl groups is 1. The van der Waals surface area contributed by atoms with Crippen molar-refractivity contribution in [3.05, 3.63) is 75.4 Å². The number of benzene rings is 2. The second-order valence-electron chi connectivity index (χ2n) is 9.57. The summed E-state index contributed by atoms with van der Waals surface area (Å²) in [5.41, 5.74) is 1.91. The first-order valence-corrected chi connectivity index (χ1v) is 12.7. The van der Waals surface area contributed by atoms with Gasteiger partial charge in [-0.2, -0.15) is 0 Å². The van der Waals surface area contributed by atoms with Crippen molar-refractivity contribution < 1.29 is 14.7 Å². The summed E-state index contributed by atoms with van der Waals surface area (Å²) < 4.78 is 0. The number of rotatable bonds is 5. The molecule has 2 atom stereocenters. The van der Waals surface area contributed by atoms with Crippen LogP contribution in [0.15, 0.2) is 48.7 Å². The van der Waals surface area contributed by atoms with Crippen LogP contribution in [-0.4, -0.2) is 51.1 Å². The first-order chi connectivity index (χ1) is 17.5. The van der Waals surface area contributed by atoms with Crippen LogP contribution in [0.25, 0.3) is 11.1 Å². The van der Waals surface area contributed by atoms with Gasteiger partial charge in [-0.25, -0.2) is 4.98 Å². The van der Waals surface area contributed by atoms with Gasteiger partial charge in [-0.15, -0.1) is 0 Å². The normalized spacial score (nSPS) is 17.8. The Morgan fingerprint density at radius 1 is 1.11 bits per heavy atom. The van der Waals surface area contributed by atoms with E-state index in [-0.39, 0.29) is 16.4 Å². The van der Waals surface area contributed by atoms with Crippen molar-refractivity contribution in [3.8, 4) is 16.9 Å². The van der Waals surface area contributed by atoms with E-state index in [0.29, 0.717) is 33.6 Å². The molecule has 1 heterocycles. The molecule has 2 aliphatic carbocycles. The highest BCUT2D eigenvalue weighted by Crippen LogP contribution is 2.51. The van der Waals surface area contributed by atoms with Crippen LogP contribution in [-0.2, 0) is 0 Å². The number of pyridine rings is 1. The highest BCUT2D eigenvalue weighted by Gasteiger charge is 2.40. The Hall–Kier alpha value is -2.70. The third-order valence-corrected chi connectivity index (χ3v) is 7.39. The highest BCUT2D eigenvalue weighted by molar-refractivity contribution is 6.62. The number of carbonyl (C=O) groups excluding carboxylic acids is 2. The van der Waals surface area contributed by atoms with Gasteiger partial charge in [-0.1, -0.05) is 65.9 Å². The Kier molecular flexibility index (Phi) is 8.10. The minimum atomic E-state index is -2.20. The lowest BCUT2D eigenvalue weighted by Crippen LogP contribution is -2.54. The minimum Gasteiger partial charge on any atom is -0.504 e. The van der Waals surface area contributed by atoms with E-state index in [4.69, 9.17) is 46.7 Å². The molecule has 2 aliphatic rings. The number of anilines is 1. The Morgan fingerprint density at radius 3 is 2.32 bits per heavy atom.